The summed E-state index contributed by atoms with van der Waals surface area (Å²) in [4.78, 5) is 7.38. The van der Waals surface area contributed by atoms with E-state index in [1.54, 1.807) is 0 Å². The Morgan fingerprint density at radius 3 is 2.64 bits per heavy atom. The number of rotatable bonds is 4. The molecule has 1 N–H and O–H groups in total. The summed E-state index contributed by atoms with van der Waals surface area (Å²) in [6.07, 6.45) is 3.88. The van der Waals surface area contributed by atoms with Gasteiger partial charge < -0.3 is 10.2 Å². The first-order valence-corrected chi connectivity index (χ1v) is 8.86. The molecule has 1 saturated carbocycles. The summed E-state index contributed by atoms with van der Waals surface area (Å²) in [5.41, 5.74) is 1.49. The zero-order valence-electron chi connectivity index (χ0n) is 14.0. The molecule has 1 aromatic carbocycles. The molecular weight excluding hydrogens is 270 g/mol. The van der Waals surface area contributed by atoms with Gasteiger partial charge in [0.1, 0.15) is 0 Å². The Bertz CT molecular complexity index is 489. The topological polar surface area (TPSA) is 27.6 Å². The van der Waals surface area contributed by atoms with E-state index in [1.807, 2.05) is 0 Å². The zero-order valence-corrected chi connectivity index (χ0v) is 14.0. The van der Waals surface area contributed by atoms with Crippen molar-refractivity contribution in [2.45, 2.75) is 39.0 Å². The van der Waals surface area contributed by atoms with Crippen LogP contribution in [0, 0.1) is 11.8 Å². The van der Waals surface area contributed by atoms with Crippen LogP contribution in [0.15, 0.2) is 35.3 Å². The Labute approximate surface area is 134 Å². The third-order valence-electron chi connectivity index (χ3n) is 5.04. The maximum Gasteiger partial charge on any atom is 0.193 e. The summed E-state index contributed by atoms with van der Waals surface area (Å²) in [5.74, 6) is 3.46. The number of nitrogens with zero attached hydrogens (tertiary/aromatic N) is 2. The molecule has 2 atom stereocenters. The van der Waals surface area contributed by atoms with Crippen LogP contribution in [0.1, 0.15) is 44.6 Å². The first-order valence-electron chi connectivity index (χ1n) is 8.86. The molecule has 3 nitrogen and oxygen atoms in total. The van der Waals surface area contributed by atoms with Crippen molar-refractivity contribution in [3.8, 4) is 0 Å². The van der Waals surface area contributed by atoms with Crippen molar-refractivity contribution in [1.82, 2.24) is 10.2 Å². The Morgan fingerprint density at radius 2 is 1.95 bits per heavy atom. The minimum absolute atomic E-state index is 0.731. The van der Waals surface area contributed by atoms with Crippen molar-refractivity contribution in [1.29, 1.82) is 0 Å². The van der Waals surface area contributed by atoms with E-state index in [0.29, 0.717) is 0 Å². The van der Waals surface area contributed by atoms with Crippen LogP contribution in [0.5, 0.6) is 0 Å². The third kappa shape index (κ3) is 3.82. The monoisotopic (exact) mass is 299 g/mol. The number of hydrogen-bond donors (Lipinski definition) is 1. The van der Waals surface area contributed by atoms with E-state index in [4.69, 9.17) is 4.99 Å². The SMILES string of the molecule is CCNC(=NCC1CC1c1ccccc1)N1CCC(C)CC1. The van der Waals surface area contributed by atoms with E-state index in [0.717, 1.165) is 49.9 Å². The zero-order chi connectivity index (χ0) is 15.4. The van der Waals surface area contributed by atoms with Crippen LogP contribution in [0.2, 0.25) is 0 Å². The van der Waals surface area contributed by atoms with Crippen molar-refractivity contribution >= 4 is 5.96 Å². The van der Waals surface area contributed by atoms with Gasteiger partial charge in [0.2, 0.25) is 0 Å². The van der Waals surface area contributed by atoms with Gasteiger partial charge in [0.05, 0.1) is 0 Å². The molecule has 1 aliphatic heterocycles. The number of hydrogen-bond acceptors (Lipinski definition) is 1. The first-order chi connectivity index (χ1) is 10.8. The predicted molar refractivity (Wildman–Crippen MR) is 93.2 cm³/mol. The lowest BCUT2D eigenvalue weighted by Crippen LogP contribution is -2.45. The van der Waals surface area contributed by atoms with Crippen molar-refractivity contribution in [3.05, 3.63) is 35.9 Å². The van der Waals surface area contributed by atoms with E-state index >= 15 is 0 Å². The van der Waals surface area contributed by atoms with Crippen molar-refractivity contribution in [2.75, 3.05) is 26.2 Å². The minimum atomic E-state index is 0.731. The molecule has 2 unspecified atom stereocenters. The van der Waals surface area contributed by atoms with Crippen LogP contribution in [-0.2, 0) is 0 Å². The lowest BCUT2D eigenvalue weighted by atomic mass is 10.00. The fraction of sp³-hybridized carbons (Fsp3) is 0.632. The fourth-order valence-electron chi connectivity index (χ4n) is 3.41. The van der Waals surface area contributed by atoms with Crippen LogP contribution in [0.4, 0.5) is 0 Å². The Hall–Kier alpha value is -1.51. The van der Waals surface area contributed by atoms with E-state index < -0.39 is 0 Å². The van der Waals surface area contributed by atoms with E-state index in [-0.39, 0.29) is 0 Å². The molecule has 120 valence electrons. The average Bonchev–Trinajstić information content (AvgIpc) is 3.33. The average molecular weight is 299 g/mol. The summed E-state index contributed by atoms with van der Waals surface area (Å²) in [5, 5.41) is 3.48. The molecule has 3 heteroatoms. The van der Waals surface area contributed by atoms with Gasteiger partial charge in [-0.2, -0.15) is 0 Å². The van der Waals surface area contributed by atoms with Crippen LogP contribution in [0.3, 0.4) is 0 Å². The molecule has 1 aliphatic carbocycles. The van der Waals surface area contributed by atoms with Gasteiger partial charge in [-0.1, -0.05) is 37.3 Å². The van der Waals surface area contributed by atoms with Crippen molar-refractivity contribution < 1.29 is 0 Å². The number of likely N-dealkylation sites (tertiary alicyclic amines) is 1. The lowest BCUT2D eigenvalue weighted by molar-refractivity contribution is 0.273. The standard InChI is InChI=1S/C19H29N3/c1-3-20-19(22-11-9-15(2)10-12-22)21-14-17-13-18(17)16-7-5-4-6-8-16/h4-8,15,17-18H,3,9-14H2,1-2H3,(H,20,21). The maximum absolute atomic E-state index is 4.93. The van der Waals surface area contributed by atoms with Crippen LogP contribution >= 0.6 is 0 Å². The molecule has 0 radical (unpaired) electrons. The molecular formula is C19H29N3. The van der Waals surface area contributed by atoms with Gasteiger partial charge in [-0.15, -0.1) is 0 Å². The fourth-order valence-corrected chi connectivity index (χ4v) is 3.41. The van der Waals surface area contributed by atoms with Crippen LogP contribution in [0.25, 0.3) is 0 Å². The van der Waals surface area contributed by atoms with Crippen molar-refractivity contribution in [3.63, 3.8) is 0 Å². The van der Waals surface area contributed by atoms with Crippen LogP contribution < -0.4 is 5.32 Å². The summed E-state index contributed by atoms with van der Waals surface area (Å²) >= 11 is 0. The summed E-state index contributed by atoms with van der Waals surface area (Å²) in [6, 6.07) is 10.9. The molecule has 1 aromatic rings. The van der Waals surface area contributed by atoms with E-state index in [9.17, 15) is 0 Å². The Balaban J connectivity index is 1.55. The second-order valence-corrected chi connectivity index (χ2v) is 6.88. The Morgan fingerprint density at radius 1 is 1.23 bits per heavy atom. The third-order valence-corrected chi connectivity index (χ3v) is 5.04. The molecule has 0 amide bonds. The van der Waals surface area contributed by atoms with Gasteiger partial charge in [0.25, 0.3) is 0 Å². The molecule has 0 aromatic heterocycles. The molecule has 1 heterocycles. The summed E-state index contributed by atoms with van der Waals surface area (Å²) < 4.78 is 0. The normalized spacial score (nSPS) is 26.1. The first kappa shape index (κ1) is 15.4. The largest absolute Gasteiger partial charge is 0.357 e. The predicted octanol–water partition coefficient (Wildman–Crippen LogP) is 3.49. The van der Waals surface area contributed by atoms with Gasteiger partial charge >= 0.3 is 0 Å². The molecule has 2 fully saturated rings. The van der Waals surface area contributed by atoms with Crippen LogP contribution in [-0.4, -0.2) is 37.0 Å². The lowest BCUT2D eigenvalue weighted by Gasteiger charge is -2.33. The molecule has 0 spiro atoms. The molecule has 3 rings (SSSR count). The van der Waals surface area contributed by atoms with E-state index in [2.05, 4.69) is 54.4 Å². The highest BCUT2D eigenvalue weighted by molar-refractivity contribution is 5.80. The number of benzene rings is 1. The highest BCUT2D eigenvalue weighted by atomic mass is 15.3. The molecule has 1 saturated heterocycles. The van der Waals surface area contributed by atoms with Gasteiger partial charge in [-0.05, 0) is 49.5 Å². The van der Waals surface area contributed by atoms with Gasteiger partial charge in [0.15, 0.2) is 5.96 Å². The highest BCUT2D eigenvalue weighted by Crippen LogP contribution is 2.47. The number of nitrogens with one attached hydrogen (secondary N) is 1. The summed E-state index contributed by atoms with van der Waals surface area (Å²) in [7, 11) is 0. The maximum atomic E-state index is 4.93. The molecule has 2 aliphatic rings. The van der Waals surface area contributed by atoms with Gasteiger partial charge in [0, 0.05) is 26.2 Å². The second kappa shape index (κ2) is 7.17. The highest BCUT2D eigenvalue weighted by Gasteiger charge is 2.37. The molecule has 22 heavy (non-hydrogen) atoms. The molecule has 0 bridgehead atoms. The number of guanidine groups is 1. The number of aliphatic imine (C=N–C) groups is 1. The second-order valence-electron chi connectivity index (χ2n) is 6.88. The van der Waals surface area contributed by atoms with Crippen molar-refractivity contribution in [2.24, 2.45) is 16.8 Å². The minimum Gasteiger partial charge on any atom is -0.357 e. The summed E-state index contributed by atoms with van der Waals surface area (Å²) in [6.45, 7) is 8.74. The van der Waals surface area contributed by atoms with E-state index in [1.165, 1.54) is 24.8 Å². The smallest absolute Gasteiger partial charge is 0.193 e. The Kier molecular flexibility index (Phi) is 5.01. The van der Waals surface area contributed by atoms with Gasteiger partial charge in [-0.25, -0.2) is 0 Å². The quantitative estimate of drug-likeness (QED) is 0.681. The number of piperidine rings is 1. The van der Waals surface area contributed by atoms with Gasteiger partial charge in [-0.3, -0.25) is 4.99 Å².